The van der Waals surface area contributed by atoms with Gasteiger partial charge in [0.2, 0.25) is 0 Å². The lowest BCUT2D eigenvalue weighted by atomic mass is 10.4. The summed E-state index contributed by atoms with van der Waals surface area (Å²) in [6.45, 7) is 7.63. The van der Waals surface area contributed by atoms with E-state index in [1.165, 1.54) is 30.5 Å². The molecule has 0 fully saturated rings. The molecule has 0 spiro atoms. The molecule has 0 unspecified atom stereocenters. The second-order valence-corrected chi connectivity index (χ2v) is 7.95. The number of hydrogen-bond acceptors (Lipinski definition) is 1. The van der Waals surface area contributed by atoms with Crippen LogP contribution in [-0.4, -0.2) is 18.9 Å². The Bertz CT molecular complexity index is 291. The van der Waals surface area contributed by atoms with Crippen LogP contribution in [0.1, 0.15) is 40.0 Å². The highest BCUT2D eigenvalue weighted by atomic mass is 31.2. The summed E-state index contributed by atoms with van der Waals surface area (Å²) in [6, 6.07) is 10.9. The Morgan fingerprint density at radius 3 is 1.94 bits per heavy atom. The van der Waals surface area contributed by atoms with Crippen molar-refractivity contribution in [2.24, 2.45) is 0 Å². The molecular formula is C15H26OP+. The maximum atomic E-state index is 6.36. The molecule has 1 rings (SSSR count). The van der Waals surface area contributed by atoms with E-state index < -0.39 is 7.49 Å². The van der Waals surface area contributed by atoms with Crippen molar-refractivity contribution >= 4 is 12.8 Å². The average Bonchev–Trinajstić information content (AvgIpc) is 2.37. The summed E-state index contributed by atoms with van der Waals surface area (Å²) in [7, 11) is -1.37. The van der Waals surface area contributed by atoms with Crippen molar-refractivity contribution in [3.05, 3.63) is 30.3 Å². The first kappa shape index (κ1) is 14.7. The molecule has 0 saturated carbocycles. The summed E-state index contributed by atoms with van der Waals surface area (Å²) in [6.07, 6.45) is 6.00. The van der Waals surface area contributed by atoms with E-state index in [0.29, 0.717) is 0 Å². The van der Waals surface area contributed by atoms with E-state index >= 15 is 0 Å². The van der Waals surface area contributed by atoms with Gasteiger partial charge in [-0.05, 0) is 31.4 Å². The fourth-order valence-corrected chi connectivity index (χ4v) is 6.10. The Balaban J connectivity index is 2.95. The molecule has 0 aliphatic rings. The predicted molar refractivity (Wildman–Crippen MR) is 79.6 cm³/mol. The predicted octanol–water partition coefficient (Wildman–Crippen LogP) is 4.49. The first-order chi connectivity index (χ1) is 8.29. The molecule has 2 heteroatoms. The van der Waals surface area contributed by atoms with Crippen LogP contribution in [0, 0.1) is 0 Å². The topological polar surface area (TPSA) is 9.23 Å². The van der Waals surface area contributed by atoms with Crippen LogP contribution in [0.25, 0.3) is 0 Å². The van der Waals surface area contributed by atoms with Gasteiger partial charge in [-0.1, -0.05) is 39.0 Å². The van der Waals surface area contributed by atoms with E-state index in [9.17, 15) is 0 Å². The third-order valence-electron chi connectivity index (χ3n) is 2.94. The highest BCUT2D eigenvalue weighted by molar-refractivity contribution is 7.78. The third-order valence-corrected chi connectivity index (χ3v) is 7.19. The van der Waals surface area contributed by atoms with Crippen molar-refractivity contribution in [1.29, 1.82) is 0 Å². The lowest BCUT2D eigenvalue weighted by Crippen LogP contribution is -2.20. The smallest absolute Gasteiger partial charge is 0.177 e. The van der Waals surface area contributed by atoms with Gasteiger partial charge in [0.15, 0.2) is 7.49 Å². The minimum Gasteiger partial charge on any atom is -0.233 e. The molecule has 0 bridgehead atoms. The zero-order chi connectivity index (χ0) is 12.6. The van der Waals surface area contributed by atoms with Crippen LogP contribution in [0.3, 0.4) is 0 Å². The lowest BCUT2D eigenvalue weighted by molar-refractivity contribution is 0.343. The molecule has 0 aliphatic heterocycles. The standard InChI is InChI=1S/C15H26OP/c1-4-12-16-17(13-5-2,14-6-3)15-10-8-7-9-11-15/h7-11H,4-6,12-14H2,1-3H3/q+1. The molecule has 1 nitrogen and oxygen atoms in total. The van der Waals surface area contributed by atoms with Gasteiger partial charge in [-0.25, -0.2) is 4.52 Å². The quantitative estimate of drug-likeness (QED) is 0.620. The van der Waals surface area contributed by atoms with Crippen LogP contribution in [0.2, 0.25) is 0 Å². The molecule has 0 radical (unpaired) electrons. The molecule has 0 aromatic heterocycles. The molecule has 17 heavy (non-hydrogen) atoms. The van der Waals surface area contributed by atoms with Crippen LogP contribution in [0.4, 0.5) is 0 Å². The molecule has 0 amide bonds. The van der Waals surface area contributed by atoms with Gasteiger partial charge in [0.05, 0.1) is 18.9 Å². The minimum absolute atomic E-state index is 0.905. The SMILES string of the molecule is CCCO[P+](CCC)(CCC)c1ccccc1. The summed E-state index contributed by atoms with van der Waals surface area (Å²) >= 11 is 0. The summed E-state index contributed by atoms with van der Waals surface area (Å²) < 4.78 is 6.36. The Morgan fingerprint density at radius 2 is 1.47 bits per heavy atom. The van der Waals surface area contributed by atoms with Gasteiger partial charge < -0.3 is 0 Å². The Kier molecular flexibility index (Phi) is 6.77. The highest BCUT2D eigenvalue weighted by Gasteiger charge is 2.40. The van der Waals surface area contributed by atoms with E-state index in [1.807, 2.05) is 0 Å². The molecule has 0 N–H and O–H groups in total. The number of rotatable bonds is 8. The van der Waals surface area contributed by atoms with Crippen molar-refractivity contribution in [2.45, 2.75) is 40.0 Å². The van der Waals surface area contributed by atoms with Crippen molar-refractivity contribution in [3.8, 4) is 0 Å². The molecule has 1 aromatic rings. The molecule has 0 atom stereocenters. The molecule has 0 heterocycles. The third kappa shape index (κ3) is 4.08. The first-order valence-corrected chi connectivity index (χ1v) is 8.94. The van der Waals surface area contributed by atoms with E-state index in [2.05, 4.69) is 51.1 Å². The maximum absolute atomic E-state index is 6.36. The summed E-state index contributed by atoms with van der Waals surface area (Å²) in [5.74, 6) is 0. The monoisotopic (exact) mass is 253 g/mol. The molecule has 96 valence electrons. The maximum Gasteiger partial charge on any atom is 0.177 e. The summed E-state index contributed by atoms with van der Waals surface area (Å²) in [4.78, 5) is 0. The van der Waals surface area contributed by atoms with Crippen LogP contribution in [0.15, 0.2) is 30.3 Å². The molecule has 0 saturated heterocycles. The van der Waals surface area contributed by atoms with Crippen LogP contribution < -0.4 is 5.30 Å². The molecular weight excluding hydrogens is 227 g/mol. The average molecular weight is 253 g/mol. The Morgan fingerprint density at radius 1 is 0.882 bits per heavy atom. The van der Waals surface area contributed by atoms with Crippen molar-refractivity contribution in [2.75, 3.05) is 18.9 Å². The van der Waals surface area contributed by atoms with E-state index in [1.54, 1.807) is 0 Å². The number of benzene rings is 1. The van der Waals surface area contributed by atoms with Gasteiger partial charge in [0.25, 0.3) is 0 Å². The van der Waals surface area contributed by atoms with Gasteiger partial charge >= 0.3 is 0 Å². The van der Waals surface area contributed by atoms with Gasteiger partial charge in [-0.2, -0.15) is 0 Å². The second-order valence-electron chi connectivity index (χ2n) is 4.51. The molecule has 1 aromatic carbocycles. The summed E-state index contributed by atoms with van der Waals surface area (Å²) in [5.41, 5.74) is 0. The van der Waals surface area contributed by atoms with Gasteiger partial charge in [-0.15, -0.1) is 0 Å². The Hall–Kier alpha value is -0.390. The highest BCUT2D eigenvalue weighted by Crippen LogP contribution is 2.59. The van der Waals surface area contributed by atoms with Gasteiger partial charge in [0.1, 0.15) is 5.30 Å². The van der Waals surface area contributed by atoms with Gasteiger partial charge in [0, 0.05) is 0 Å². The van der Waals surface area contributed by atoms with Gasteiger partial charge in [-0.3, -0.25) is 0 Å². The van der Waals surface area contributed by atoms with Crippen LogP contribution in [0.5, 0.6) is 0 Å². The summed E-state index contributed by atoms with van der Waals surface area (Å²) in [5, 5.41) is 1.46. The normalized spacial score (nSPS) is 11.7. The Labute approximate surface area is 107 Å². The largest absolute Gasteiger partial charge is 0.233 e. The fraction of sp³-hybridized carbons (Fsp3) is 0.600. The van der Waals surface area contributed by atoms with Crippen molar-refractivity contribution < 1.29 is 4.52 Å². The zero-order valence-electron chi connectivity index (χ0n) is 11.5. The first-order valence-electron chi connectivity index (χ1n) is 6.86. The van der Waals surface area contributed by atoms with Crippen LogP contribution in [-0.2, 0) is 4.52 Å². The number of hydrogen-bond donors (Lipinski definition) is 0. The zero-order valence-corrected chi connectivity index (χ0v) is 12.4. The van der Waals surface area contributed by atoms with E-state index in [0.717, 1.165) is 13.0 Å². The van der Waals surface area contributed by atoms with Crippen LogP contribution >= 0.6 is 7.49 Å². The second kappa shape index (κ2) is 7.84. The molecule has 0 aliphatic carbocycles. The van der Waals surface area contributed by atoms with E-state index in [-0.39, 0.29) is 0 Å². The van der Waals surface area contributed by atoms with Crippen molar-refractivity contribution in [3.63, 3.8) is 0 Å². The van der Waals surface area contributed by atoms with E-state index in [4.69, 9.17) is 4.52 Å². The minimum atomic E-state index is -1.37. The van der Waals surface area contributed by atoms with Crippen molar-refractivity contribution in [1.82, 2.24) is 0 Å². The lowest BCUT2D eigenvalue weighted by Gasteiger charge is -2.25. The fourth-order valence-electron chi connectivity index (χ4n) is 2.26.